The smallest absolute Gasteiger partial charge is 0.354 e. The van der Waals surface area contributed by atoms with Gasteiger partial charge in [0, 0.05) is 37.8 Å². The third-order valence-corrected chi connectivity index (χ3v) is 7.60. The highest BCUT2D eigenvalue weighted by Crippen LogP contribution is 2.31. The number of anilines is 1. The van der Waals surface area contributed by atoms with Crippen LogP contribution in [0.1, 0.15) is 5.56 Å². The van der Waals surface area contributed by atoms with E-state index < -0.39 is 21.8 Å². The lowest BCUT2D eigenvalue weighted by Crippen LogP contribution is -2.49. The van der Waals surface area contributed by atoms with E-state index in [1.165, 1.54) is 10.6 Å². The van der Waals surface area contributed by atoms with Crippen molar-refractivity contribution >= 4 is 21.6 Å². The first-order valence-corrected chi connectivity index (χ1v) is 11.9. The van der Waals surface area contributed by atoms with Crippen LogP contribution >= 0.6 is 0 Å². The maximum absolute atomic E-state index is 13.0. The second kappa shape index (κ2) is 8.37. The first-order valence-electron chi connectivity index (χ1n) is 10.4. The summed E-state index contributed by atoms with van der Waals surface area (Å²) in [6, 6.07) is 15.1. The van der Waals surface area contributed by atoms with Gasteiger partial charge in [0.2, 0.25) is 10.0 Å². The molecule has 176 valence electrons. The molecular weight excluding hydrogens is 469 g/mol. The Morgan fingerprint density at radius 3 is 2.21 bits per heavy atom. The van der Waals surface area contributed by atoms with E-state index in [1.807, 2.05) is 41.3 Å². The third-order valence-electron chi connectivity index (χ3n) is 5.68. The number of hydrogen-bond donors (Lipinski definition) is 0. The van der Waals surface area contributed by atoms with Crippen LogP contribution in [0.15, 0.2) is 71.9 Å². The summed E-state index contributed by atoms with van der Waals surface area (Å²) in [6.07, 6.45) is -3.12. The molecular formula is C22H19F3N6O2S. The van der Waals surface area contributed by atoms with E-state index in [4.69, 9.17) is 0 Å². The minimum Gasteiger partial charge on any atom is -0.354 e. The van der Waals surface area contributed by atoms with Crippen LogP contribution < -0.4 is 4.90 Å². The van der Waals surface area contributed by atoms with Gasteiger partial charge in [-0.25, -0.2) is 13.4 Å². The number of sulfonamides is 1. The topological polar surface area (TPSA) is 83.7 Å². The molecule has 2 aromatic heterocycles. The van der Waals surface area contributed by atoms with Crippen molar-refractivity contribution in [3.63, 3.8) is 0 Å². The number of piperazine rings is 1. The maximum Gasteiger partial charge on any atom is 0.416 e. The molecule has 8 nitrogen and oxygen atoms in total. The average Bonchev–Trinajstić information content (AvgIpc) is 3.32. The first kappa shape index (κ1) is 22.3. The summed E-state index contributed by atoms with van der Waals surface area (Å²) in [5.74, 6) is 1.16. The quantitative estimate of drug-likeness (QED) is 0.438. The number of fused-ring (bicyclic) bond motifs is 1. The van der Waals surface area contributed by atoms with Gasteiger partial charge in [-0.3, -0.25) is 0 Å². The van der Waals surface area contributed by atoms with Crippen molar-refractivity contribution < 1.29 is 21.6 Å². The summed E-state index contributed by atoms with van der Waals surface area (Å²) in [5.41, 5.74) is 0.744. The SMILES string of the molecule is O=S(=O)(c1ccc(C(F)(F)F)cc1)N1CCN(c2cc(-c3ccccc3)nc3ncnn23)CC1. The van der Waals surface area contributed by atoms with Crippen LogP contribution in [-0.4, -0.2) is 58.5 Å². The molecule has 4 aromatic rings. The van der Waals surface area contributed by atoms with Crippen LogP contribution in [0.4, 0.5) is 19.0 Å². The van der Waals surface area contributed by atoms with E-state index in [2.05, 4.69) is 15.1 Å². The number of nitrogens with zero attached hydrogens (tertiary/aromatic N) is 6. The van der Waals surface area contributed by atoms with E-state index in [9.17, 15) is 21.6 Å². The minimum absolute atomic E-state index is 0.164. The number of alkyl halides is 3. The van der Waals surface area contributed by atoms with E-state index in [0.717, 1.165) is 41.3 Å². The van der Waals surface area contributed by atoms with Crippen molar-refractivity contribution in [1.82, 2.24) is 23.9 Å². The summed E-state index contributed by atoms with van der Waals surface area (Å²) >= 11 is 0. The Bertz CT molecular complexity index is 1410. The standard InChI is InChI=1S/C22H19F3N6O2S/c23-22(24,25)17-6-8-18(9-7-17)34(32,33)30-12-10-29(11-13-30)20-14-19(16-4-2-1-3-5-16)28-21-26-15-27-31(20)21/h1-9,14-15H,10-13H2. The molecule has 0 atom stereocenters. The van der Waals surface area contributed by atoms with Gasteiger partial charge in [0.1, 0.15) is 12.1 Å². The minimum atomic E-state index is -4.52. The van der Waals surface area contributed by atoms with E-state index in [1.54, 1.807) is 4.52 Å². The highest BCUT2D eigenvalue weighted by Gasteiger charge is 2.33. The van der Waals surface area contributed by atoms with Gasteiger partial charge in [0.05, 0.1) is 16.2 Å². The van der Waals surface area contributed by atoms with Crippen LogP contribution in [-0.2, 0) is 16.2 Å². The van der Waals surface area contributed by atoms with Gasteiger partial charge >= 0.3 is 6.18 Å². The summed E-state index contributed by atoms with van der Waals surface area (Å²) in [6.45, 7) is 1.07. The molecule has 0 radical (unpaired) electrons. The molecule has 2 aromatic carbocycles. The zero-order chi connectivity index (χ0) is 23.9. The molecule has 0 N–H and O–H groups in total. The Hall–Kier alpha value is -3.51. The van der Waals surface area contributed by atoms with Gasteiger partial charge in [-0.15, -0.1) is 0 Å². The highest BCUT2D eigenvalue weighted by molar-refractivity contribution is 7.89. The lowest BCUT2D eigenvalue weighted by atomic mass is 10.1. The molecule has 3 heterocycles. The molecule has 34 heavy (non-hydrogen) atoms. The van der Waals surface area contributed by atoms with Crippen molar-refractivity contribution in [1.29, 1.82) is 0 Å². The molecule has 1 aliphatic heterocycles. The fourth-order valence-electron chi connectivity index (χ4n) is 3.90. The normalized spacial score (nSPS) is 15.7. The molecule has 0 amide bonds. The first-order chi connectivity index (χ1) is 16.2. The van der Waals surface area contributed by atoms with Gasteiger partial charge < -0.3 is 4.90 Å². The second-order valence-electron chi connectivity index (χ2n) is 7.75. The molecule has 0 bridgehead atoms. The molecule has 12 heteroatoms. The summed E-state index contributed by atoms with van der Waals surface area (Å²) in [7, 11) is -3.92. The monoisotopic (exact) mass is 488 g/mol. The molecule has 0 unspecified atom stereocenters. The van der Waals surface area contributed by atoms with Gasteiger partial charge in [-0.1, -0.05) is 30.3 Å². The fourth-order valence-corrected chi connectivity index (χ4v) is 5.32. The predicted molar refractivity (Wildman–Crippen MR) is 119 cm³/mol. The maximum atomic E-state index is 13.0. The number of hydrogen-bond acceptors (Lipinski definition) is 6. The van der Waals surface area contributed by atoms with Crippen molar-refractivity contribution in [2.45, 2.75) is 11.1 Å². The molecule has 1 saturated heterocycles. The average molecular weight is 488 g/mol. The van der Waals surface area contributed by atoms with Crippen LogP contribution in [0.2, 0.25) is 0 Å². The summed E-state index contributed by atoms with van der Waals surface area (Å²) in [4.78, 5) is 10.6. The molecule has 0 saturated carbocycles. The van der Waals surface area contributed by atoms with Crippen LogP contribution in [0.25, 0.3) is 17.0 Å². The fraction of sp³-hybridized carbons (Fsp3) is 0.227. The molecule has 5 rings (SSSR count). The van der Waals surface area contributed by atoms with Gasteiger partial charge in [0.25, 0.3) is 5.78 Å². The van der Waals surface area contributed by atoms with Crippen molar-refractivity contribution in [2.24, 2.45) is 0 Å². The number of benzene rings is 2. The van der Waals surface area contributed by atoms with E-state index >= 15 is 0 Å². The number of rotatable bonds is 4. The summed E-state index contributed by atoms with van der Waals surface area (Å²) in [5, 5.41) is 4.25. The predicted octanol–water partition coefficient (Wildman–Crippen LogP) is 3.32. The highest BCUT2D eigenvalue weighted by atomic mass is 32.2. The number of halogens is 3. The van der Waals surface area contributed by atoms with Gasteiger partial charge in [0.15, 0.2) is 0 Å². The molecule has 0 spiro atoms. The largest absolute Gasteiger partial charge is 0.416 e. The summed E-state index contributed by atoms with van der Waals surface area (Å²) < 4.78 is 67.3. The van der Waals surface area contributed by atoms with Crippen LogP contribution in [0.5, 0.6) is 0 Å². The Kier molecular flexibility index (Phi) is 5.48. The van der Waals surface area contributed by atoms with Crippen molar-refractivity contribution in [3.8, 4) is 11.3 Å². The van der Waals surface area contributed by atoms with Gasteiger partial charge in [-0.2, -0.15) is 32.1 Å². The zero-order valence-electron chi connectivity index (χ0n) is 17.7. The Balaban J connectivity index is 1.38. The van der Waals surface area contributed by atoms with Crippen molar-refractivity contribution in [3.05, 3.63) is 72.6 Å². The Morgan fingerprint density at radius 1 is 0.882 bits per heavy atom. The lowest BCUT2D eigenvalue weighted by molar-refractivity contribution is -0.137. The lowest BCUT2D eigenvalue weighted by Gasteiger charge is -2.35. The zero-order valence-corrected chi connectivity index (χ0v) is 18.5. The Morgan fingerprint density at radius 2 is 1.56 bits per heavy atom. The molecule has 1 fully saturated rings. The van der Waals surface area contributed by atoms with Crippen molar-refractivity contribution in [2.75, 3.05) is 31.1 Å². The Labute approximate surface area is 193 Å². The van der Waals surface area contributed by atoms with E-state index in [-0.39, 0.29) is 18.0 Å². The van der Waals surface area contributed by atoms with E-state index in [0.29, 0.717) is 18.9 Å². The van der Waals surface area contributed by atoms with Crippen LogP contribution in [0, 0.1) is 0 Å². The molecule has 1 aliphatic rings. The second-order valence-corrected chi connectivity index (χ2v) is 9.69. The van der Waals surface area contributed by atoms with Crippen LogP contribution in [0.3, 0.4) is 0 Å². The molecule has 0 aliphatic carbocycles. The third kappa shape index (κ3) is 4.10. The van der Waals surface area contributed by atoms with Gasteiger partial charge in [-0.05, 0) is 24.3 Å². The number of aromatic nitrogens is 4.